The quantitative estimate of drug-likeness (QED) is 0.164. The molecule has 0 aliphatic heterocycles. The lowest BCUT2D eigenvalue weighted by atomic mass is 9.82. The fraction of sp³-hybridized carbons (Fsp3) is 0.0536. The highest BCUT2D eigenvalue weighted by atomic mass is 16.3. The highest BCUT2D eigenvalue weighted by molar-refractivity contribution is 6.27. The van der Waals surface area contributed by atoms with E-state index in [2.05, 4.69) is 183 Å². The standard InChI is InChI=1S/C56H38N2O/c1-56(2)48-17-9-8-15-44(48)47-34-43(29-31-49(47)56)58(42-27-23-36(24-28-42)41-22-19-35-11-6-7-14-40(35)33-41)51-18-10-16-46-45(51)30-25-37-20-21-38-26-32-50-54(53(38)52(37)46)59-55(57-50)39-12-4-3-5-13-39/h3-34H,1-2H3. The van der Waals surface area contributed by atoms with Crippen molar-refractivity contribution in [1.29, 1.82) is 0 Å². The summed E-state index contributed by atoms with van der Waals surface area (Å²) in [5, 5.41) is 9.35. The van der Waals surface area contributed by atoms with E-state index < -0.39 is 0 Å². The molecule has 1 aromatic heterocycles. The summed E-state index contributed by atoms with van der Waals surface area (Å²) in [6, 6.07) is 70.4. The van der Waals surface area contributed by atoms with Gasteiger partial charge in [0.15, 0.2) is 5.58 Å². The van der Waals surface area contributed by atoms with E-state index in [-0.39, 0.29) is 5.41 Å². The van der Waals surface area contributed by atoms with E-state index in [0.717, 1.165) is 55.3 Å². The number of oxazole rings is 1. The van der Waals surface area contributed by atoms with Crippen LogP contribution in [-0.4, -0.2) is 4.98 Å². The molecule has 278 valence electrons. The number of fused-ring (bicyclic) bond motifs is 11. The zero-order valence-corrected chi connectivity index (χ0v) is 32.8. The predicted molar refractivity (Wildman–Crippen MR) is 247 cm³/mol. The Balaban J connectivity index is 1.08. The van der Waals surface area contributed by atoms with Crippen LogP contribution in [0.1, 0.15) is 25.0 Å². The number of benzene rings is 10. The molecule has 0 unspecified atom stereocenters. The molecule has 0 spiro atoms. The van der Waals surface area contributed by atoms with Crippen molar-refractivity contribution in [2.75, 3.05) is 4.90 Å². The zero-order valence-electron chi connectivity index (χ0n) is 32.8. The third-order valence-electron chi connectivity index (χ3n) is 12.6. The lowest BCUT2D eigenvalue weighted by Gasteiger charge is -2.28. The Hall–Kier alpha value is -7.49. The van der Waals surface area contributed by atoms with Crippen molar-refractivity contribution in [1.82, 2.24) is 4.98 Å². The topological polar surface area (TPSA) is 29.3 Å². The number of nitrogens with zero attached hydrogens (tertiary/aromatic N) is 2. The van der Waals surface area contributed by atoms with Gasteiger partial charge in [0.25, 0.3) is 0 Å². The molecular weight excluding hydrogens is 717 g/mol. The Bertz CT molecular complexity index is 3470. The van der Waals surface area contributed by atoms with E-state index in [1.165, 1.54) is 54.9 Å². The summed E-state index contributed by atoms with van der Waals surface area (Å²) in [5.74, 6) is 0.630. The zero-order chi connectivity index (χ0) is 39.2. The number of rotatable bonds is 5. The molecule has 12 rings (SSSR count). The minimum absolute atomic E-state index is 0.0807. The van der Waals surface area contributed by atoms with Gasteiger partial charge in [0.1, 0.15) is 5.52 Å². The van der Waals surface area contributed by atoms with E-state index in [1.807, 2.05) is 30.3 Å². The van der Waals surface area contributed by atoms with Gasteiger partial charge in [0.2, 0.25) is 5.89 Å². The van der Waals surface area contributed by atoms with Crippen molar-refractivity contribution in [3.63, 3.8) is 0 Å². The maximum Gasteiger partial charge on any atom is 0.227 e. The normalized spacial score (nSPS) is 13.1. The summed E-state index contributed by atoms with van der Waals surface area (Å²) in [6.07, 6.45) is 0. The first-order valence-corrected chi connectivity index (χ1v) is 20.4. The fourth-order valence-electron chi connectivity index (χ4n) is 9.71. The Morgan fingerprint density at radius 2 is 1.12 bits per heavy atom. The van der Waals surface area contributed by atoms with Crippen molar-refractivity contribution in [2.24, 2.45) is 0 Å². The molecule has 59 heavy (non-hydrogen) atoms. The monoisotopic (exact) mass is 754 g/mol. The lowest BCUT2D eigenvalue weighted by Crippen LogP contribution is -2.15. The fourth-order valence-corrected chi connectivity index (χ4v) is 9.71. The molecule has 0 radical (unpaired) electrons. The first kappa shape index (κ1) is 33.6. The van der Waals surface area contributed by atoms with Crippen LogP contribution >= 0.6 is 0 Å². The van der Waals surface area contributed by atoms with Crippen LogP contribution in [-0.2, 0) is 5.41 Å². The molecule has 1 aliphatic rings. The minimum atomic E-state index is -0.0807. The van der Waals surface area contributed by atoms with E-state index in [0.29, 0.717) is 5.89 Å². The van der Waals surface area contributed by atoms with Gasteiger partial charge in [-0.3, -0.25) is 0 Å². The van der Waals surface area contributed by atoms with Gasteiger partial charge < -0.3 is 9.32 Å². The third-order valence-corrected chi connectivity index (χ3v) is 12.6. The maximum absolute atomic E-state index is 6.68. The van der Waals surface area contributed by atoms with Gasteiger partial charge in [-0.05, 0) is 115 Å². The summed E-state index contributed by atoms with van der Waals surface area (Å²) >= 11 is 0. The molecule has 0 N–H and O–H groups in total. The second-order valence-corrected chi connectivity index (χ2v) is 16.3. The summed E-state index contributed by atoms with van der Waals surface area (Å²) < 4.78 is 6.68. The molecule has 1 heterocycles. The van der Waals surface area contributed by atoms with Crippen molar-refractivity contribution < 1.29 is 4.42 Å². The van der Waals surface area contributed by atoms with Gasteiger partial charge in [-0.2, -0.15) is 0 Å². The molecule has 0 saturated heterocycles. The van der Waals surface area contributed by atoms with Crippen LogP contribution in [0.3, 0.4) is 0 Å². The molecule has 0 bridgehead atoms. The first-order valence-electron chi connectivity index (χ1n) is 20.4. The average molecular weight is 755 g/mol. The van der Waals surface area contributed by atoms with Crippen molar-refractivity contribution in [3.05, 3.63) is 205 Å². The van der Waals surface area contributed by atoms with Crippen LogP contribution < -0.4 is 4.90 Å². The van der Waals surface area contributed by atoms with Crippen molar-refractivity contribution in [3.8, 4) is 33.7 Å². The average Bonchev–Trinajstić information content (AvgIpc) is 3.83. The number of anilines is 3. The number of hydrogen-bond donors (Lipinski definition) is 0. The second-order valence-electron chi connectivity index (χ2n) is 16.3. The maximum atomic E-state index is 6.68. The van der Waals surface area contributed by atoms with Crippen LogP contribution in [0.25, 0.3) is 87.9 Å². The number of hydrogen-bond acceptors (Lipinski definition) is 3. The van der Waals surface area contributed by atoms with Crippen LogP contribution in [0.4, 0.5) is 17.1 Å². The SMILES string of the molecule is CC1(C)c2ccccc2-c2cc(N(c3ccc(-c4ccc5ccccc5c4)cc3)c3cccc4c3ccc3ccc5ccc6nc(-c7ccccc7)oc6c5c34)ccc21. The summed E-state index contributed by atoms with van der Waals surface area (Å²) in [4.78, 5) is 7.41. The molecule has 1 aliphatic carbocycles. The minimum Gasteiger partial charge on any atom is -0.435 e. The van der Waals surface area contributed by atoms with Crippen LogP contribution in [0, 0.1) is 0 Å². The molecule has 0 saturated carbocycles. The van der Waals surface area contributed by atoms with E-state index >= 15 is 0 Å². The lowest BCUT2D eigenvalue weighted by molar-refractivity contribution is 0.623. The molecular formula is C56H38N2O. The van der Waals surface area contributed by atoms with E-state index in [1.54, 1.807) is 0 Å². The molecule has 0 amide bonds. The first-order chi connectivity index (χ1) is 29.0. The van der Waals surface area contributed by atoms with Gasteiger partial charge in [0.05, 0.1) is 5.69 Å². The van der Waals surface area contributed by atoms with E-state index in [9.17, 15) is 0 Å². The summed E-state index contributed by atoms with van der Waals surface area (Å²) in [6.45, 7) is 4.68. The Morgan fingerprint density at radius 3 is 1.98 bits per heavy atom. The summed E-state index contributed by atoms with van der Waals surface area (Å²) in [5.41, 5.74) is 13.6. The molecule has 10 aromatic carbocycles. The van der Waals surface area contributed by atoms with Gasteiger partial charge in [-0.1, -0.05) is 153 Å². The van der Waals surface area contributed by atoms with Crippen molar-refractivity contribution >= 4 is 71.3 Å². The van der Waals surface area contributed by atoms with E-state index in [4.69, 9.17) is 9.40 Å². The highest BCUT2D eigenvalue weighted by Gasteiger charge is 2.35. The molecule has 0 fully saturated rings. The van der Waals surface area contributed by atoms with Crippen LogP contribution in [0.2, 0.25) is 0 Å². The third kappa shape index (κ3) is 5.18. The molecule has 3 heteroatoms. The predicted octanol–water partition coefficient (Wildman–Crippen LogP) is 15.6. The summed E-state index contributed by atoms with van der Waals surface area (Å²) in [7, 11) is 0. The largest absolute Gasteiger partial charge is 0.435 e. The van der Waals surface area contributed by atoms with Gasteiger partial charge >= 0.3 is 0 Å². The highest BCUT2D eigenvalue weighted by Crippen LogP contribution is 2.51. The Labute approximate surface area is 342 Å². The van der Waals surface area contributed by atoms with Crippen LogP contribution in [0.5, 0.6) is 0 Å². The molecule has 3 nitrogen and oxygen atoms in total. The number of aromatic nitrogens is 1. The smallest absolute Gasteiger partial charge is 0.227 e. The second kappa shape index (κ2) is 12.8. The Morgan fingerprint density at radius 1 is 0.441 bits per heavy atom. The van der Waals surface area contributed by atoms with Crippen LogP contribution in [0.15, 0.2) is 199 Å². The van der Waals surface area contributed by atoms with Gasteiger partial charge in [0, 0.05) is 38.5 Å². The Kier molecular flexibility index (Phi) is 7.27. The van der Waals surface area contributed by atoms with Gasteiger partial charge in [-0.15, -0.1) is 0 Å². The molecule has 11 aromatic rings. The molecule has 0 atom stereocenters. The van der Waals surface area contributed by atoms with Gasteiger partial charge in [-0.25, -0.2) is 4.98 Å². The van der Waals surface area contributed by atoms with Crippen molar-refractivity contribution in [2.45, 2.75) is 19.3 Å².